The SMILES string of the molecule is CCONC(=O)c1cc2ccc(C)cc2[nH]1. The van der Waals surface area contributed by atoms with Crippen LogP contribution in [0.2, 0.25) is 0 Å². The molecular weight excluding hydrogens is 204 g/mol. The fourth-order valence-corrected chi connectivity index (χ4v) is 1.56. The first-order chi connectivity index (χ1) is 7.70. The predicted octanol–water partition coefficient (Wildman–Crippen LogP) is 2.16. The van der Waals surface area contributed by atoms with E-state index in [2.05, 4.69) is 10.5 Å². The molecule has 2 aromatic rings. The molecule has 4 heteroatoms. The molecule has 0 bridgehead atoms. The van der Waals surface area contributed by atoms with E-state index in [1.54, 1.807) is 0 Å². The summed E-state index contributed by atoms with van der Waals surface area (Å²) in [5.74, 6) is -0.254. The van der Waals surface area contributed by atoms with E-state index in [1.807, 2.05) is 38.1 Å². The highest BCUT2D eigenvalue weighted by molar-refractivity contribution is 5.97. The molecule has 4 nitrogen and oxygen atoms in total. The Morgan fingerprint density at radius 3 is 3.00 bits per heavy atom. The third kappa shape index (κ3) is 2.06. The Morgan fingerprint density at radius 1 is 1.44 bits per heavy atom. The average molecular weight is 218 g/mol. The maximum Gasteiger partial charge on any atom is 0.291 e. The van der Waals surface area contributed by atoms with Crippen molar-refractivity contribution in [1.29, 1.82) is 0 Å². The van der Waals surface area contributed by atoms with Gasteiger partial charge in [-0.15, -0.1) is 0 Å². The van der Waals surface area contributed by atoms with Crippen molar-refractivity contribution in [2.24, 2.45) is 0 Å². The maximum atomic E-state index is 11.6. The van der Waals surface area contributed by atoms with Crippen LogP contribution in [0, 0.1) is 6.92 Å². The van der Waals surface area contributed by atoms with Crippen LogP contribution in [0.3, 0.4) is 0 Å². The lowest BCUT2D eigenvalue weighted by molar-refractivity contribution is 0.0360. The molecule has 1 amide bonds. The number of carbonyl (C=O) groups is 1. The molecule has 0 aliphatic rings. The quantitative estimate of drug-likeness (QED) is 0.775. The molecule has 0 saturated heterocycles. The molecule has 0 aliphatic heterocycles. The Bertz CT molecular complexity index is 517. The number of aryl methyl sites for hydroxylation is 1. The van der Waals surface area contributed by atoms with Gasteiger partial charge in [0.05, 0.1) is 6.61 Å². The maximum absolute atomic E-state index is 11.6. The zero-order valence-electron chi connectivity index (χ0n) is 9.33. The summed E-state index contributed by atoms with van der Waals surface area (Å²) in [5.41, 5.74) is 4.98. The van der Waals surface area contributed by atoms with Crippen LogP contribution in [0.4, 0.5) is 0 Å². The molecule has 0 spiro atoms. The first-order valence-electron chi connectivity index (χ1n) is 5.22. The van der Waals surface area contributed by atoms with Crippen LogP contribution < -0.4 is 5.48 Å². The summed E-state index contributed by atoms with van der Waals surface area (Å²) in [7, 11) is 0. The zero-order valence-corrected chi connectivity index (χ0v) is 9.33. The van der Waals surface area contributed by atoms with E-state index in [9.17, 15) is 4.79 Å². The summed E-state index contributed by atoms with van der Waals surface area (Å²) in [6, 6.07) is 7.81. The van der Waals surface area contributed by atoms with Crippen LogP contribution in [0.1, 0.15) is 23.0 Å². The van der Waals surface area contributed by atoms with E-state index in [-0.39, 0.29) is 5.91 Å². The van der Waals surface area contributed by atoms with Crippen LogP contribution in [-0.4, -0.2) is 17.5 Å². The molecule has 2 N–H and O–H groups in total. The van der Waals surface area contributed by atoms with Gasteiger partial charge in [-0.25, -0.2) is 5.48 Å². The number of benzene rings is 1. The van der Waals surface area contributed by atoms with Gasteiger partial charge >= 0.3 is 0 Å². The highest BCUT2D eigenvalue weighted by Crippen LogP contribution is 2.16. The van der Waals surface area contributed by atoms with Gasteiger partial charge in [0.25, 0.3) is 5.91 Å². The molecule has 16 heavy (non-hydrogen) atoms. The van der Waals surface area contributed by atoms with Crippen LogP contribution >= 0.6 is 0 Å². The fraction of sp³-hybridized carbons (Fsp3) is 0.250. The highest BCUT2D eigenvalue weighted by atomic mass is 16.6. The van der Waals surface area contributed by atoms with E-state index in [0.717, 1.165) is 16.5 Å². The number of hydrogen-bond donors (Lipinski definition) is 2. The molecule has 0 atom stereocenters. The minimum atomic E-state index is -0.254. The minimum Gasteiger partial charge on any atom is -0.350 e. The zero-order chi connectivity index (χ0) is 11.5. The third-order valence-electron chi connectivity index (χ3n) is 2.33. The number of fused-ring (bicyclic) bond motifs is 1. The second-order valence-corrected chi connectivity index (χ2v) is 3.64. The largest absolute Gasteiger partial charge is 0.350 e. The molecule has 0 fully saturated rings. The van der Waals surface area contributed by atoms with Crippen LogP contribution in [0.25, 0.3) is 10.9 Å². The number of aromatic nitrogens is 1. The minimum absolute atomic E-state index is 0.254. The number of rotatable bonds is 3. The Labute approximate surface area is 93.6 Å². The average Bonchev–Trinajstić information content (AvgIpc) is 2.68. The summed E-state index contributed by atoms with van der Waals surface area (Å²) in [4.78, 5) is 19.5. The topological polar surface area (TPSA) is 54.1 Å². The van der Waals surface area contributed by atoms with E-state index >= 15 is 0 Å². The second-order valence-electron chi connectivity index (χ2n) is 3.64. The van der Waals surface area contributed by atoms with Gasteiger partial charge < -0.3 is 4.98 Å². The first-order valence-corrected chi connectivity index (χ1v) is 5.22. The van der Waals surface area contributed by atoms with Gasteiger partial charge in [-0.2, -0.15) is 0 Å². The number of nitrogens with one attached hydrogen (secondary N) is 2. The van der Waals surface area contributed by atoms with Crippen molar-refractivity contribution in [3.05, 3.63) is 35.5 Å². The van der Waals surface area contributed by atoms with Crippen molar-refractivity contribution < 1.29 is 9.63 Å². The number of aromatic amines is 1. The normalized spacial score (nSPS) is 10.6. The van der Waals surface area contributed by atoms with Crippen molar-refractivity contribution in [3.8, 4) is 0 Å². The van der Waals surface area contributed by atoms with Crippen LogP contribution in [0.15, 0.2) is 24.3 Å². The standard InChI is InChI=1S/C12H14N2O2/c1-3-16-14-12(15)11-7-9-5-4-8(2)6-10(9)13-11/h4-7,13H,3H2,1-2H3,(H,14,15). The molecule has 0 unspecified atom stereocenters. The lowest BCUT2D eigenvalue weighted by atomic mass is 10.2. The number of amides is 1. The first kappa shape index (κ1) is 10.7. The summed E-state index contributed by atoms with van der Waals surface area (Å²) < 4.78 is 0. The van der Waals surface area contributed by atoms with Crippen LogP contribution in [-0.2, 0) is 4.84 Å². The Balaban J connectivity index is 2.28. The number of carbonyl (C=O) groups excluding carboxylic acids is 1. The van der Waals surface area contributed by atoms with Crippen LogP contribution in [0.5, 0.6) is 0 Å². The molecule has 1 heterocycles. The van der Waals surface area contributed by atoms with Crippen molar-refractivity contribution in [2.45, 2.75) is 13.8 Å². The van der Waals surface area contributed by atoms with Crippen molar-refractivity contribution >= 4 is 16.8 Å². The molecular formula is C12H14N2O2. The highest BCUT2D eigenvalue weighted by Gasteiger charge is 2.08. The van der Waals surface area contributed by atoms with Gasteiger partial charge in [-0.05, 0) is 31.5 Å². The molecule has 0 radical (unpaired) electrons. The molecule has 0 aliphatic carbocycles. The van der Waals surface area contributed by atoms with Gasteiger partial charge in [0.1, 0.15) is 5.69 Å². The number of hydroxylamine groups is 1. The van der Waals surface area contributed by atoms with Crippen molar-refractivity contribution in [1.82, 2.24) is 10.5 Å². The smallest absolute Gasteiger partial charge is 0.291 e. The van der Waals surface area contributed by atoms with Crippen molar-refractivity contribution in [2.75, 3.05) is 6.61 Å². The molecule has 1 aromatic carbocycles. The third-order valence-corrected chi connectivity index (χ3v) is 2.33. The molecule has 0 saturated carbocycles. The molecule has 2 rings (SSSR count). The Hall–Kier alpha value is -1.81. The summed E-state index contributed by atoms with van der Waals surface area (Å²) in [6.07, 6.45) is 0. The molecule has 1 aromatic heterocycles. The van der Waals surface area contributed by atoms with Crippen molar-refractivity contribution in [3.63, 3.8) is 0 Å². The lowest BCUT2D eigenvalue weighted by Gasteiger charge is -2.00. The second kappa shape index (κ2) is 4.37. The Kier molecular flexibility index (Phi) is 2.92. The summed E-state index contributed by atoms with van der Waals surface area (Å²) in [5, 5.41) is 1.02. The lowest BCUT2D eigenvalue weighted by Crippen LogP contribution is -2.23. The summed E-state index contributed by atoms with van der Waals surface area (Å²) in [6.45, 7) is 4.28. The van der Waals surface area contributed by atoms with Gasteiger partial charge in [-0.3, -0.25) is 9.63 Å². The molecule has 84 valence electrons. The van der Waals surface area contributed by atoms with Gasteiger partial charge in [0.2, 0.25) is 0 Å². The fourth-order valence-electron chi connectivity index (χ4n) is 1.56. The monoisotopic (exact) mass is 218 g/mol. The van der Waals surface area contributed by atoms with E-state index in [4.69, 9.17) is 4.84 Å². The number of H-pyrrole nitrogens is 1. The predicted molar refractivity (Wildman–Crippen MR) is 62.1 cm³/mol. The van der Waals surface area contributed by atoms with E-state index in [1.165, 1.54) is 0 Å². The van der Waals surface area contributed by atoms with Gasteiger partial charge in [0.15, 0.2) is 0 Å². The van der Waals surface area contributed by atoms with E-state index in [0.29, 0.717) is 12.3 Å². The summed E-state index contributed by atoms with van der Waals surface area (Å²) >= 11 is 0. The Morgan fingerprint density at radius 2 is 2.25 bits per heavy atom. The number of hydrogen-bond acceptors (Lipinski definition) is 2. The van der Waals surface area contributed by atoms with Gasteiger partial charge in [0, 0.05) is 10.9 Å². The van der Waals surface area contributed by atoms with E-state index < -0.39 is 0 Å². The van der Waals surface area contributed by atoms with Gasteiger partial charge in [-0.1, -0.05) is 12.1 Å².